The highest BCUT2D eigenvalue weighted by atomic mass is 19.4. The zero-order valence-corrected chi connectivity index (χ0v) is 40.6. The number of imidazole rings is 2. The van der Waals surface area contributed by atoms with Gasteiger partial charge in [0.2, 0.25) is 11.8 Å². The number of allylic oxidation sites excluding steroid dienone is 3. The molecule has 1 saturated heterocycles. The van der Waals surface area contributed by atoms with Gasteiger partial charge in [0, 0.05) is 75.4 Å². The first-order valence-corrected chi connectivity index (χ1v) is 25.3. The molecule has 374 valence electrons. The number of benzene rings is 2. The maximum absolute atomic E-state index is 14.7. The number of hydrogen-bond donors (Lipinski definition) is 0. The summed E-state index contributed by atoms with van der Waals surface area (Å²) >= 11 is 0. The molecule has 2 amide bonds. The van der Waals surface area contributed by atoms with Gasteiger partial charge in [-0.2, -0.15) is 26.3 Å². The summed E-state index contributed by atoms with van der Waals surface area (Å²) in [4.78, 5) is 55.2. The highest BCUT2D eigenvalue weighted by molar-refractivity contribution is 6.10. The van der Waals surface area contributed by atoms with Crippen molar-refractivity contribution in [1.82, 2.24) is 24.0 Å². The topological polar surface area (TPSA) is 93.3 Å². The molecule has 4 aromatic rings. The Bertz CT molecular complexity index is 2720. The Hall–Kier alpha value is -5.47. The molecule has 5 aliphatic rings. The number of aryl methyl sites for hydroxylation is 1. The highest BCUT2D eigenvalue weighted by Gasteiger charge is 2.59. The predicted molar refractivity (Wildman–Crippen MR) is 255 cm³/mol. The number of alkyl halides is 6. The van der Waals surface area contributed by atoms with E-state index in [2.05, 4.69) is 24.8 Å². The summed E-state index contributed by atoms with van der Waals surface area (Å²) in [6, 6.07) is 14.0. The van der Waals surface area contributed by atoms with Gasteiger partial charge in [-0.15, -0.1) is 6.58 Å². The monoisotopic (exact) mass is 970 g/mol. The van der Waals surface area contributed by atoms with Gasteiger partial charge >= 0.3 is 12.4 Å². The molecule has 15 heteroatoms. The van der Waals surface area contributed by atoms with Crippen LogP contribution in [0.1, 0.15) is 142 Å². The van der Waals surface area contributed by atoms with Crippen molar-refractivity contribution in [2.75, 3.05) is 18.0 Å². The van der Waals surface area contributed by atoms with E-state index in [0.717, 1.165) is 94.8 Å². The summed E-state index contributed by atoms with van der Waals surface area (Å²) in [5, 5.41) is 0. The van der Waals surface area contributed by atoms with Gasteiger partial charge in [-0.25, -0.2) is 9.97 Å². The standard InChI is InChI=1S/C55H64F6N6O3/c1-5-49(68)64-33-53(34-64)41-13-7-9-15-44(41)67(51(53)70)32-48-63-43-29-37(18-21-46(43)66(48)26-12-24-55(59,60)61)27-36-17-20-40-39(28-36)30-38(50(69)52(40,6-2)31-35(3)4)19-22-47-62-42-14-8-10-16-45(42)65(47)25-11-23-54(56,57)58/h7,9,13,15,17,19-20,28,37H,3,5-6,8,10-12,14,16,18,21-27,29-34H2,1-2,4H3/b38-19-/t37-,52?/m0/s1. The Morgan fingerprint density at radius 2 is 1.53 bits per heavy atom. The fourth-order valence-corrected chi connectivity index (χ4v) is 12.4. The molecular weight excluding hydrogens is 907 g/mol. The average molecular weight is 971 g/mol. The molecule has 9 nitrogen and oxygen atoms in total. The van der Waals surface area contributed by atoms with Crippen molar-refractivity contribution in [1.29, 1.82) is 0 Å². The van der Waals surface area contributed by atoms with Crippen LogP contribution in [-0.2, 0) is 89.8 Å². The van der Waals surface area contributed by atoms with Gasteiger partial charge in [0.15, 0.2) is 5.78 Å². The van der Waals surface area contributed by atoms with E-state index < -0.39 is 36.0 Å². The van der Waals surface area contributed by atoms with Crippen molar-refractivity contribution in [3.05, 3.63) is 123 Å². The number of aromatic nitrogens is 4. The zero-order chi connectivity index (χ0) is 49.8. The third-order valence-corrected chi connectivity index (χ3v) is 15.8. The Morgan fingerprint density at radius 1 is 0.857 bits per heavy atom. The van der Waals surface area contributed by atoms with E-state index in [4.69, 9.17) is 9.97 Å². The van der Waals surface area contributed by atoms with Crippen LogP contribution in [0.4, 0.5) is 32.0 Å². The maximum atomic E-state index is 14.7. The lowest BCUT2D eigenvalue weighted by atomic mass is 9.62. The number of carbonyl (C=O) groups excluding carboxylic acids is 3. The summed E-state index contributed by atoms with van der Waals surface area (Å²) in [5.74, 6) is 1.36. The smallest absolute Gasteiger partial charge is 0.340 e. The first-order valence-electron chi connectivity index (χ1n) is 25.3. The predicted octanol–water partition coefficient (Wildman–Crippen LogP) is 10.9. The Morgan fingerprint density at radius 3 is 2.21 bits per heavy atom. The highest BCUT2D eigenvalue weighted by Crippen LogP contribution is 2.49. The Labute approximate surface area is 406 Å². The number of para-hydroxylation sites is 1. The summed E-state index contributed by atoms with van der Waals surface area (Å²) in [6.45, 7) is 11.0. The van der Waals surface area contributed by atoms with Gasteiger partial charge < -0.3 is 18.9 Å². The number of Topliss-reactive ketones (excluding diaryl/α,β-unsaturated/α-hetero) is 1. The summed E-state index contributed by atoms with van der Waals surface area (Å²) in [6.07, 6.45) is -0.0764. The zero-order valence-electron chi connectivity index (χ0n) is 40.6. The van der Waals surface area contributed by atoms with E-state index in [1.807, 2.05) is 53.3 Å². The molecule has 4 heterocycles. The van der Waals surface area contributed by atoms with Gasteiger partial charge in [-0.3, -0.25) is 14.4 Å². The van der Waals surface area contributed by atoms with E-state index >= 15 is 0 Å². The number of halogens is 6. The second-order valence-electron chi connectivity index (χ2n) is 20.7. The molecule has 2 atom stereocenters. The molecule has 1 unspecified atom stereocenters. The lowest BCUT2D eigenvalue weighted by Gasteiger charge is -2.46. The Balaban J connectivity index is 0.971. The van der Waals surface area contributed by atoms with Gasteiger partial charge in [0.1, 0.15) is 17.1 Å². The normalized spacial score (nSPS) is 21.2. The molecule has 0 radical (unpaired) electrons. The Kier molecular flexibility index (Phi) is 13.6. The third kappa shape index (κ3) is 9.54. The van der Waals surface area contributed by atoms with E-state index in [1.54, 1.807) is 16.7 Å². The van der Waals surface area contributed by atoms with Crippen molar-refractivity contribution in [2.24, 2.45) is 5.92 Å². The van der Waals surface area contributed by atoms with E-state index in [-0.39, 0.29) is 56.0 Å². The molecule has 3 aliphatic carbocycles. The van der Waals surface area contributed by atoms with Crippen LogP contribution in [0.2, 0.25) is 0 Å². The molecule has 0 saturated carbocycles. The molecule has 0 N–H and O–H groups in total. The number of nitrogens with zero attached hydrogens (tertiary/aromatic N) is 6. The van der Waals surface area contributed by atoms with Crippen LogP contribution in [-0.4, -0.2) is 67.0 Å². The quantitative estimate of drug-likeness (QED) is 0.0633. The number of amides is 2. The van der Waals surface area contributed by atoms with Crippen LogP contribution in [0.25, 0.3) is 0 Å². The van der Waals surface area contributed by atoms with Gasteiger partial charge in [0.05, 0.1) is 23.3 Å². The van der Waals surface area contributed by atoms with Crippen molar-refractivity contribution in [3.63, 3.8) is 0 Å². The fraction of sp³-hybridized carbons (Fsp3) is 0.545. The number of likely N-dealkylation sites (tertiary alicyclic amines) is 1. The molecule has 2 aromatic heterocycles. The van der Waals surface area contributed by atoms with Crippen LogP contribution in [0.15, 0.2) is 66.3 Å². The molecule has 2 aromatic carbocycles. The van der Waals surface area contributed by atoms with E-state index in [1.165, 1.54) is 0 Å². The van der Waals surface area contributed by atoms with Gasteiger partial charge in [0.25, 0.3) is 0 Å². The third-order valence-electron chi connectivity index (χ3n) is 15.8. The summed E-state index contributed by atoms with van der Waals surface area (Å²) < 4.78 is 84.1. The number of rotatable bonds is 16. The second-order valence-corrected chi connectivity index (χ2v) is 20.7. The lowest BCUT2D eigenvalue weighted by Crippen LogP contribution is -2.65. The second kappa shape index (κ2) is 19.3. The minimum atomic E-state index is -4.31. The van der Waals surface area contributed by atoms with Crippen LogP contribution < -0.4 is 4.90 Å². The molecule has 0 bridgehead atoms. The average Bonchev–Trinajstić information content (AvgIpc) is 3.91. The van der Waals surface area contributed by atoms with Crippen LogP contribution in [0.5, 0.6) is 0 Å². The molecule has 70 heavy (non-hydrogen) atoms. The summed E-state index contributed by atoms with van der Waals surface area (Å²) in [7, 11) is 0. The number of fused-ring (bicyclic) bond motifs is 5. The molecule has 2 aliphatic heterocycles. The number of ketones is 1. The fourth-order valence-electron chi connectivity index (χ4n) is 12.4. The number of carbonyl (C=O) groups is 3. The van der Waals surface area contributed by atoms with E-state index in [0.29, 0.717) is 75.3 Å². The van der Waals surface area contributed by atoms with Gasteiger partial charge in [-0.1, -0.05) is 61.9 Å². The largest absolute Gasteiger partial charge is 0.389 e. The minimum absolute atomic E-state index is 0.0148. The SMILES string of the molecule is C=C(C)CC1(CC)C(=O)/C(=C\Cc2nc3c(n2CCCC(F)(F)F)CCCC3)Cc2cc(C[C@@H]3CCc4c(nc(CN5C(=O)C6(CN(C(=O)CC)C6)c6ccccc65)n4CCCC(F)(F)F)C3)ccc21. The van der Waals surface area contributed by atoms with E-state index in [9.17, 15) is 40.7 Å². The van der Waals surface area contributed by atoms with Crippen molar-refractivity contribution in [2.45, 2.75) is 173 Å². The van der Waals surface area contributed by atoms with Crippen molar-refractivity contribution in [3.8, 4) is 0 Å². The van der Waals surface area contributed by atoms with Gasteiger partial charge in [-0.05, 0) is 124 Å². The van der Waals surface area contributed by atoms with Crippen molar-refractivity contribution < 1.29 is 40.7 Å². The molecule has 1 fully saturated rings. The molecule has 9 rings (SSSR count). The first kappa shape index (κ1) is 49.5. The molecular formula is C55H64F6N6O3. The maximum Gasteiger partial charge on any atom is 0.389 e. The van der Waals surface area contributed by atoms with Crippen LogP contribution >= 0.6 is 0 Å². The first-order chi connectivity index (χ1) is 33.3. The number of anilines is 1. The lowest BCUT2D eigenvalue weighted by molar-refractivity contribution is -0.144. The molecule has 1 spiro atoms. The van der Waals surface area contributed by atoms with Crippen LogP contribution in [0, 0.1) is 5.92 Å². The van der Waals surface area contributed by atoms with Crippen molar-refractivity contribution >= 4 is 23.3 Å². The van der Waals surface area contributed by atoms with Crippen LogP contribution in [0.3, 0.4) is 0 Å². The summed E-state index contributed by atoms with van der Waals surface area (Å²) in [5.41, 5.74) is 8.39. The number of hydrogen-bond acceptors (Lipinski definition) is 5. The minimum Gasteiger partial charge on any atom is -0.340 e.